The highest BCUT2D eigenvalue weighted by molar-refractivity contribution is 7.85. The molecule has 0 aromatic rings. The molecule has 0 amide bonds. The molecule has 4 heteroatoms. The minimum atomic E-state index is -0.704. The van der Waals surface area contributed by atoms with E-state index >= 15 is 0 Å². The molecule has 0 aromatic carbocycles. The van der Waals surface area contributed by atoms with Gasteiger partial charge >= 0.3 is 0 Å². The molecule has 1 aliphatic heterocycles. The minimum Gasteiger partial charge on any atom is -0.377 e. The Bertz CT molecular complexity index is 241. The second-order valence-electron chi connectivity index (χ2n) is 4.82. The van der Waals surface area contributed by atoms with Gasteiger partial charge in [0, 0.05) is 23.4 Å². The lowest BCUT2D eigenvalue weighted by molar-refractivity contribution is 0.128. The Hall–Kier alpha value is 0.0700. The Morgan fingerprint density at radius 2 is 2.19 bits per heavy atom. The van der Waals surface area contributed by atoms with Crippen LogP contribution in [0.3, 0.4) is 0 Å². The molecule has 3 nitrogen and oxygen atoms in total. The second-order valence-corrected chi connectivity index (χ2v) is 6.52. The highest BCUT2D eigenvalue weighted by Crippen LogP contribution is 2.25. The molecule has 1 heterocycles. The van der Waals surface area contributed by atoms with Crippen LogP contribution in [0.25, 0.3) is 0 Å². The van der Waals surface area contributed by atoms with Crippen LogP contribution >= 0.6 is 0 Å². The Balaban J connectivity index is 1.82. The van der Waals surface area contributed by atoms with Crippen LogP contribution in [-0.4, -0.2) is 40.5 Å². The van der Waals surface area contributed by atoms with E-state index in [2.05, 4.69) is 12.2 Å². The Morgan fingerprint density at radius 1 is 1.31 bits per heavy atom. The molecule has 0 aromatic heterocycles. The zero-order valence-electron chi connectivity index (χ0n) is 10.1. The Labute approximate surface area is 101 Å². The van der Waals surface area contributed by atoms with Crippen molar-refractivity contribution in [3.8, 4) is 0 Å². The van der Waals surface area contributed by atoms with Crippen molar-refractivity contribution in [2.75, 3.05) is 18.9 Å². The molecule has 0 spiro atoms. The fourth-order valence-corrected chi connectivity index (χ4v) is 4.72. The largest absolute Gasteiger partial charge is 0.377 e. The van der Waals surface area contributed by atoms with Gasteiger partial charge in [-0.15, -0.1) is 0 Å². The van der Waals surface area contributed by atoms with E-state index in [1.807, 2.05) is 0 Å². The topological polar surface area (TPSA) is 38.3 Å². The monoisotopic (exact) mass is 245 g/mol. The highest BCUT2D eigenvalue weighted by atomic mass is 32.2. The first-order valence-corrected chi connectivity index (χ1v) is 7.91. The van der Waals surface area contributed by atoms with Crippen LogP contribution in [0, 0.1) is 0 Å². The van der Waals surface area contributed by atoms with E-state index in [9.17, 15) is 4.21 Å². The summed E-state index contributed by atoms with van der Waals surface area (Å²) in [7, 11) is -0.704. The summed E-state index contributed by atoms with van der Waals surface area (Å²) in [5.41, 5.74) is 0. The fourth-order valence-electron chi connectivity index (χ4n) is 2.82. The third-order valence-corrected chi connectivity index (χ3v) is 5.57. The van der Waals surface area contributed by atoms with Crippen LogP contribution in [0.5, 0.6) is 0 Å². The van der Waals surface area contributed by atoms with Gasteiger partial charge in [0.2, 0.25) is 0 Å². The van der Waals surface area contributed by atoms with Gasteiger partial charge in [0.25, 0.3) is 0 Å². The van der Waals surface area contributed by atoms with Gasteiger partial charge in [-0.1, -0.05) is 13.3 Å². The van der Waals surface area contributed by atoms with Crippen LogP contribution in [0.4, 0.5) is 0 Å². The summed E-state index contributed by atoms with van der Waals surface area (Å²) in [6.45, 7) is 3.97. The fraction of sp³-hybridized carbons (Fsp3) is 1.00. The van der Waals surface area contributed by atoms with Gasteiger partial charge in [-0.05, 0) is 32.2 Å². The SMILES string of the molecule is CCNC1CCCC1S(=O)CC1CCCO1. The molecule has 16 heavy (non-hydrogen) atoms. The summed E-state index contributed by atoms with van der Waals surface area (Å²) in [6, 6.07) is 0.479. The number of nitrogens with one attached hydrogen (secondary N) is 1. The summed E-state index contributed by atoms with van der Waals surface area (Å²) in [4.78, 5) is 0. The van der Waals surface area contributed by atoms with E-state index in [0.29, 0.717) is 11.3 Å². The zero-order chi connectivity index (χ0) is 11.4. The summed E-state index contributed by atoms with van der Waals surface area (Å²) in [6.07, 6.45) is 6.04. The van der Waals surface area contributed by atoms with Crippen LogP contribution in [0.1, 0.15) is 39.0 Å². The molecule has 0 radical (unpaired) electrons. The van der Waals surface area contributed by atoms with Gasteiger partial charge in [-0.25, -0.2) is 0 Å². The predicted molar refractivity (Wildman–Crippen MR) is 67.1 cm³/mol. The quantitative estimate of drug-likeness (QED) is 0.796. The molecule has 0 bridgehead atoms. The van der Waals surface area contributed by atoms with Crippen molar-refractivity contribution in [1.82, 2.24) is 5.32 Å². The lowest BCUT2D eigenvalue weighted by atomic mass is 10.2. The van der Waals surface area contributed by atoms with Crippen LogP contribution < -0.4 is 5.32 Å². The first kappa shape index (κ1) is 12.5. The molecule has 2 rings (SSSR count). The van der Waals surface area contributed by atoms with E-state index in [-0.39, 0.29) is 6.10 Å². The van der Waals surface area contributed by atoms with Crippen molar-refractivity contribution >= 4 is 10.8 Å². The average molecular weight is 245 g/mol. The molecular weight excluding hydrogens is 222 g/mol. The maximum Gasteiger partial charge on any atom is 0.0691 e. The molecule has 1 N–H and O–H groups in total. The zero-order valence-corrected chi connectivity index (χ0v) is 10.9. The molecule has 94 valence electrons. The smallest absolute Gasteiger partial charge is 0.0691 e. The van der Waals surface area contributed by atoms with E-state index < -0.39 is 10.8 Å². The summed E-state index contributed by atoms with van der Waals surface area (Å²) < 4.78 is 17.8. The summed E-state index contributed by atoms with van der Waals surface area (Å²) in [5.74, 6) is 0.757. The Morgan fingerprint density at radius 3 is 2.88 bits per heavy atom. The second kappa shape index (κ2) is 6.12. The van der Waals surface area contributed by atoms with Gasteiger partial charge < -0.3 is 10.1 Å². The number of hydrogen-bond acceptors (Lipinski definition) is 3. The third kappa shape index (κ3) is 3.05. The molecular formula is C12H23NO2S. The van der Waals surface area contributed by atoms with Gasteiger partial charge in [0.05, 0.1) is 17.1 Å². The van der Waals surface area contributed by atoms with Gasteiger partial charge in [0.15, 0.2) is 0 Å². The summed E-state index contributed by atoms with van der Waals surface area (Å²) >= 11 is 0. The first-order chi connectivity index (χ1) is 7.81. The molecule has 1 saturated heterocycles. The van der Waals surface area contributed by atoms with Crippen molar-refractivity contribution in [2.24, 2.45) is 0 Å². The van der Waals surface area contributed by atoms with E-state index in [1.165, 1.54) is 12.8 Å². The number of ether oxygens (including phenoxy) is 1. The van der Waals surface area contributed by atoms with Crippen molar-refractivity contribution < 1.29 is 8.95 Å². The van der Waals surface area contributed by atoms with Crippen molar-refractivity contribution in [3.05, 3.63) is 0 Å². The van der Waals surface area contributed by atoms with E-state index in [0.717, 1.165) is 38.2 Å². The molecule has 4 unspecified atom stereocenters. The third-order valence-electron chi connectivity index (χ3n) is 3.63. The van der Waals surface area contributed by atoms with Gasteiger partial charge in [0.1, 0.15) is 0 Å². The standard InChI is InChI=1S/C12H23NO2S/c1-2-13-11-6-3-7-12(11)16(14)9-10-5-4-8-15-10/h10-13H,2-9H2,1H3. The van der Waals surface area contributed by atoms with Gasteiger partial charge in [-0.2, -0.15) is 0 Å². The van der Waals surface area contributed by atoms with E-state index in [1.54, 1.807) is 0 Å². The average Bonchev–Trinajstić information content (AvgIpc) is 2.89. The number of rotatable bonds is 5. The van der Waals surface area contributed by atoms with Gasteiger partial charge in [-0.3, -0.25) is 4.21 Å². The minimum absolute atomic E-state index is 0.267. The Kier molecular flexibility index (Phi) is 4.79. The summed E-state index contributed by atoms with van der Waals surface area (Å²) in [5, 5.41) is 3.83. The lowest BCUT2D eigenvalue weighted by Crippen LogP contribution is -2.39. The number of hydrogen-bond donors (Lipinski definition) is 1. The van der Waals surface area contributed by atoms with E-state index in [4.69, 9.17) is 4.74 Å². The predicted octanol–water partition coefficient (Wildman–Crippen LogP) is 1.44. The van der Waals surface area contributed by atoms with Crippen LogP contribution in [-0.2, 0) is 15.5 Å². The molecule has 2 aliphatic rings. The molecule has 4 atom stereocenters. The van der Waals surface area contributed by atoms with Crippen molar-refractivity contribution in [3.63, 3.8) is 0 Å². The molecule has 1 aliphatic carbocycles. The van der Waals surface area contributed by atoms with Crippen LogP contribution in [0.2, 0.25) is 0 Å². The molecule has 1 saturated carbocycles. The molecule has 2 fully saturated rings. The van der Waals surface area contributed by atoms with Crippen LogP contribution in [0.15, 0.2) is 0 Å². The highest BCUT2D eigenvalue weighted by Gasteiger charge is 2.32. The van der Waals surface area contributed by atoms with Crippen molar-refractivity contribution in [1.29, 1.82) is 0 Å². The maximum atomic E-state index is 12.3. The normalized spacial score (nSPS) is 36.7. The maximum absolute atomic E-state index is 12.3. The first-order valence-electron chi connectivity index (χ1n) is 6.53. The lowest BCUT2D eigenvalue weighted by Gasteiger charge is -2.21. The van der Waals surface area contributed by atoms with Crippen molar-refractivity contribution in [2.45, 2.75) is 56.4 Å².